The first-order valence-electron chi connectivity index (χ1n) is 8.02. The van der Waals surface area contributed by atoms with E-state index in [4.69, 9.17) is 0 Å². The zero-order chi connectivity index (χ0) is 18.8. The zero-order valence-electron chi connectivity index (χ0n) is 14.7. The van der Waals surface area contributed by atoms with Crippen LogP contribution in [-0.2, 0) is 7.05 Å². The van der Waals surface area contributed by atoms with Crippen molar-refractivity contribution in [3.05, 3.63) is 86.2 Å². The van der Waals surface area contributed by atoms with E-state index in [9.17, 15) is 14.4 Å². The van der Waals surface area contributed by atoms with Crippen LogP contribution >= 0.6 is 0 Å². The summed E-state index contributed by atoms with van der Waals surface area (Å²) in [6.07, 6.45) is 0. The van der Waals surface area contributed by atoms with Gasteiger partial charge in [0.05, 0.1) is 5.69 Å². The van der Waals surface area contributed by atoms with Gasteiger partial charge in [0, 0.05) is 12.7 Å². The van der Waals surface area contributed by atoms with Gasteiger partial charge in [-0.05, 0) is 43.7 Å². The quantitative estimate of drug-likeness (QED) is 0.780. The van der Waals surface area contributed by atoms with Gasteiger partial charge in [-0.1, -0.05) is 29.8 Å². The van der Waals surface area contributed by atoms with E-state index in [0.29, 0.717) is 11.4 Å². The molecule has 0 spiro atoms. The third-order valence-electron chi connectivity index (χ3n) is 3.94. The van der Waals surface area contributed by atoms with E-state index in [2.05, 4.69) is 10.4 Å². The van der Waals surface area contributed by atoms with Gasteiger partial charge in [0.15, 0.2) is 0 Å². The molecule has 26 heavy (non-hydrogen) atoms. The molecule has 132 valence electrons. The number of carbonyl (C=O) groups is 1. The van der Waals surface area contributed by atoms with Crippen LogP contribution < -0.4 is 16.6 Å². The average Bonchev–Trinajstić information content (AvgIpc) is 2.61. The van der Waals surface area contributed by atoms with Crippen LogP contribution in [0.15, 0.2) is 58.1 Å². The van der Waals surface area contributed by atoms with Crippen molar-refractivity contribution in [3.8, 4) is 5.69 Å². The van der Waals surface area contributed by atoms with Gasteiger partial charge < -0.3 is 5.32 Å². The fourth-order valence-electron chi connectivity index (χ4n) is 2.48. The lowest BCUT2D eigenvalue weighted by atomic mass is 10.2. The third-order valence-corrected chi connectivity index (χ3v) is 3.94. The summed E-state index contributed by atoms with van der Waals surface area (Å²) >= 11 is 0. The largest absolute Gasteiger partial charge is 0.351 e. The SMILES string of the molecule is Cc1ccc(-n2nc(C(=O)Nc3cccc(C)c3)c(=O)n(C)c2=O)cc1. The molecule has 0 aliphatic rings. The fraction of sp³-hybridized carbons (Fsp3) is 0.158. The second-order valence-corrected chi connectivity index (χ2v) is 6.07. The topological polar surface area (TPSA) is 86.0 Å². The number of rotatable bonds is 3. The molecular weight excluding hydrogens is 332 g/mol. The Bertz CT molecular complexity index is 1100. The van der Waals surface area contributed by atoms with Crippen molar-refractivity contribution in [2.75, 3.05) is 5.32 Å². The molecule has 0 atom stereocenters. The monoisotopic (exact) mass is 350 g/mol. The van der Waals surface area contributed by atoms with E-state index >= 15 is 0 Å². The minimum absolute atomic E-state index is 0.353. The van der Waals surface area contributed by atoms with Crippen molar-refractivity contribution >= 4 is 11.6 Å². The highest BCUT2D eigenvalue weighted by molar-refractivity contribution is 6.02. The maximum absolute atomic E-state index is 12.5. The van der Waals surface area contributed by atoms with E-state index in [1.165, 1.54) is 7.05 Å². The van der Waals surface area contributed by atoms with Gasteiger partial charge in [-0.2, -0.15) is 9.78 Å². The van der Waals surface area contributed by atoms with Crippen molar-refractivity contribution in [3.63, 3.8) is 0 Å². The first-order valence-corrected chi connectivity index (χ1v) is 8.02. The van der Waals surface area contributed by atoms with Gasteiger partial charge >= 0.3 is 5.69 Å². The Morgan fingerprint density at radius 1 is 1.00 bits per heavy atom. The Morgan fingerprint density at radius 3 is 2.35 bits per heavy atom. The number of anilines is 1. The van der Waals surface area contributed by atoms with Gasteiger partial charge in [-0.15, -0.1) is 0 Å². The Labute approximate surface area is 149 Å². The predicted molar refractivity (Wildman–Crippen MR) is 98.9 cm³/mol. The van der Waals surface area contributed by atoms with Crippen LogP contribution in [0.1, 0.15) is 21.6 Å². The van der Waals surface area contributed by atoms with Crippen molar-refractivity contribution < 1.29 is 4.79 Å². The van der Waals surface area contributed by atoms with Crippen LogP contribution in [0.5, 0.6) is 0 Å². The summed E-state index contributed by atoms with van der Waals surface area (Å²) in [5, 5.41) is 6.65. The number of nitrogens with zero attached hydrogens (tertiary/aromatic N) is 3. The number of amides is 1. The van der Waals surface area contributed by atoms with Gasteiger partial charge in [0.2, 0.25) is 5.69 Å². The molecule has 1 aromatic heterocycles. The normalized spacial score (nSPS) is 10.6. The molecule has 0 saturated heterocycles. The molecule has 0 fully saturated rings. The van der Waals surface area contributed by atoms with Crippen molar-refractivity contribution in [1.82, 2.24) is 14.3 Å². The van der Waals surface area contributed by atoms with E-state index < -0.39 is 17.2 Å². The second-order valence-electron chi connectivity index (χ2n) is 6.07. The average molecular weight is 350 g/mol. The number of nitrogens with one attached hydrogen (secondary N) is 1. The Kier molecular flexibility index (Phi) is 4.53. The van der Waals surface area contributed by atoms with E-state index in [1.54, 1.807) is 30.3 Å². The first-order chi connectivity index (χ1) is 12.4. The van der Waals surface area contributed by atoms with Gasteiger partial charge in [-0.25, -0.2) is 4.79 Å². The van der Waals surface area contributed by atoms with Gasteiger partial charge in [0.25, 0.3) is 11.5 Å². The van der Waals surface area contributed by atoms with E-state index in [-0.39, 0.29) is 5.69 Å². The molecule has 0 aliphatic heterocycles. The summed E-state index contributed by atoms with van der Waals surface area (Å²) in [6.45, 7) is 3.81. The van der Waals surface area contributed by atoms with E-state index in [1.807, 2.05) is 32.0 Å². The number of hydrogen-bond acceptors (Lipinski definition) is 4. The van der Waals surface area contributed by atoms with Crippen molar-refractivity contribution in [2.45, 2.75) is 13.8 Å². The van der Waals surface area contributed by atoms with Crippen LogP contribution in [0.3, 0.4) is 0 Å². The Balaban J connectivity index is 2.07. The summed E-state index contributed by atoms with van der Waals surface area (Å²) < 4.78 is 1.92. The van der Waals surface area contributed by atoms with Crippen LogP contribution in [-0.4, -0.2) is 20.3 Å². The first kappa shape index (κ1) is 17.3. The Hall–Kier alpha value is -3.48. The minimum atomic E-state index is -0.747. The lowest BCUT2D eigenvalue weighted by molar-refractivity contribution is 0.101. The zero-order valence-corrected chi connectivity index (χ0v) is 14.7. The molecule has 1 heterocycles. The fourth-order valence-corrected chi connectivity index (χ4v) is 2.48. The predicted octanol–water partition coefficient (Wildman–Crippen LogP) is 1.80. The van der Waals surface area contributed by atoms with Crippen LogP contribution in [0.25, 0.3) is 5.69 Å². The molecule has 3 rings (SSSR count). The Morgan fingerprint density at radius 2 is 1.69 bits per heavy atom. The molecule has 0 unspecified atom stereocenters. The highest BCUT2D eigenvalue weighted by atomic mass is 16.2. The third kappa shape index (κ3) is 3.32. The van der Waals surface area contributed by atoms with Gasteiger partial charge in [0.1, 0.15) is 0 Å². The molecule has 1 amide bonds. The molecule has 0 bridgehead atoms. The lowest BCUT2D eigenvalue weighted by Gasteiger charge is -2.10. The smallest absolute Gasteiger partial charge is 0.320 e. The number of aromatic nitrogens is 3. The lowest BCUT2D eigenvalue weighted by Crippen LogP contribution is -2.43. The summed E-state index contributed by atoms with van der Waals surface area (Å²) in [5.41, 5.74) is 1.29. The molecule has 7 nitrogen and oxygen atoms in total. The molecule has 1 N–H and O–H groups in total. The highest BCUT2D eigenvalue weighted by Crippen LogP contribution is 2.10. The molecule has 0 saturated carbocycles. The van der Waals surface area contributed by atoms with E-state index in [0.717, 1.165) is 20.4 Å². The van der Waals surface area contributed by atoms with Crippen LogP contribution in [0.4, 0.5) is 5.69 Å². The molecule has 2 aromatic carbocycles. The molecular formula is C19H18N4O3. The molecule has 3 aromatic rings. The number of benzene rings is 2. The second kappa shape index (κ2) is 6.79. The number of aryl methyl sites for hydroxylation is 2. The number of carbonyl (C=O) groups excluding carboxylic acids is 1. The highest BCUT2D eigenvalue weighted by Gasteiger charge is 2.18. The number of hydrogen-bond donors (Lipinski definition) is 1. The maximum atomic E-state index is 12.5. The van der Waals surface area contributed by atoms with Crippen LogP contribution in [0, 0.1) is 13.8 Å². The summed E-state index contributed by atoms with van der Waals surface area (Å²) in [4.78, 5) is 37.3. The van der Waals surface area contributed by atoms with Crippen LogP contribution in [0.2, 0.25) is 0 Å². The maximum Gasteiger partial charge on any atom is 0.351 e. The minimum Gasteiger partial charge on any atom is -0.320 e. The summed E-state index contributed by atoms with van der Waals surface area (Å²) in [5.74, 6) is -0.669. The summed E-state index contributed by atoms with van der Waals surface area (Å²) in [6, 6.07) is 14.2. The molecule has 0 aliphatic carbocycles. The van der Waals surface area contributed by atoms with Crippen molar-refractivity contribution in [2.24, 2.45) is 7.05 Å². The summed E-state index contributed by atoms with van der Waals surface area (Å²) in [7, 11) is 1.32. The standard InChI is InChI=1S/C19H18N4O3/c1-12-7-9-15(10-8-12)23-19(26)22(3)18(25)16(21-23)17(24)20-14-6-4-5-13(2)11-14/h4-11H,1-3H3,(H,20,24). The van der Waals surface area contributed by atoms with Gasteiger partial charge in [-0.3, -0.25) is 14.2 Å². The molecule has 0 radical (unpaired) electrons. The molecule has 7 heteroatoms. The van der Waals surface area contributed by atoms with Crippen molar-refractivity contribution in [1.29, 1.82) is 0 Å².